The quantitative estimate of drug-likeness (QED) is 0.219. The molecule has 0 fully saturated rings. The number of ether oxygens (including phenoxy) is 3. The number of alkyl carbamates (subject to hydrolysis) is 1. The molecule has 0 aromatic heterocycles. The number of halogens is 1. The summed E-state index contributed by atoms with van der Waals surface area (Å²) in [5.41, 5.74) is 1.66. The molecule has 2 unspecified atom stereocenters. The van der Waals surface area contributed by atoms with Crippen LogP contribution in [0.15, 0.2) is 35.5 Å². The Bertz CT molecular complexity index is 1320. The Morgan fingerprint density at radius 3 is 2.47 bits per heavy atom. The van der Waals surface area contributed by atoms with Gasteiger partial charge in [-0.1, -0.05) is 20.8 Å². The highest BCUT2D eigenvalue weighted by atomic mass is 19.1. The van der Waals surface area contributed by atoms with Gasteiger partial charge in [0.2, 0.25) is 0 Å². The number of hydrogen-bond acceptors (Lipinski definition) is 9. The molecular formula is C32H46FN5O7. The predicted molar refractivity (Wildman–Crippen MR) is 168 cm³/mol. The van der Waals surface area contributed by atoms with Crippen LogP contribution in [0.1, 0.15) is 54.0 Å². The second-order valence-corrected chi connectivity index (χ2v) is 11.9. The molecule has 0 bridgehead atoms. The van der Waals surface area contributed by atoms with Crippen molar-refractivity contribution in [2.45, 2.75) is 60.1 Å². The molecular weight excluding hydrogens is 585 g/mol. The van der Waals surface area contributed by atoms with Crippen LogP contribution in [-0.4, -0.2) is 98.0 Å². The first-order chi connectivity index (χ1) is 21.2. The summed E-state index contributed by atoms with van der Waals surface area (Å²) in [5, 5.41) is 8.58. The fraction of sp³-hybridized carbons (Fsp3) is 0.562. The SMILES string of the molecule is CCN(CC)CCN(C(=O)OCCOCCNC(=O)OC(C)(C)C)C(=O)C1=C(C)NC(/C=C2\C(=O)Nc3ccc(F)cc32)C1C. The van der Waals surface area contributed by atoms with Gasteiger partial charge >= 0.3 is 12.2 Å². The lowest BCUT2D eigenvalue weighted by atomic mass is 9.92. The third-order valence-electron chi connectivity index (χ3n) is 7.49. The third kappa shape index (κ3) is 9.76. The van der Waals surface area contributed by atoms with E-state index in [2.05, 4.69) is 20.9 Å². The first kappa shape index (κ1) is 35.5. The molecule has 0 spiro atoms. The number of carbonyl (C=O) groups excluding carboxylic acids is 4. The Hall–Kier alpha value is -3.97. The summed E-state index contributed by atoms with van der Waals surface area (Å²) in [7, 11) is 0. The number of nitrogens with one attached hydrogen (secondary N) is 3. The molecule has 0 radical (unpaired) electrons. The molecule has 2 atom stereocenters. The van der Waals surface area contributed by atoms with E-state index in [9.17, 15) is 23.6 Å². The van der Waals surface area contributed by atoms with E-state index in [0.717, 1.165) is 18.0 Å². The minimum atomic E-state index is -0.795. The normalized spacial score (nSPS) is 18.5. The summed E-state index contributed by atoms with van der Waals surface area (Å²) >= 11 is 0. The zero-order valence-electron chi connectivity index (χ0n) is 27.3. The molecule has 13 heteroatoms. The lowest BCUT2D eigenvalue weighted by Gasteiger charge is -2.26. The van der Waals surface area contributed by atoms with Crippen molar-refractivity contribution in [3.63, 3.8) is 0 Å². The highest BCUT2D eigenvalue weighted by Gasteiger charge is 2.38. The largest absolute Gasteiger partial charge is 0.447 e. The number of nitrogens with zero attached hydrogens (tertiary/aromatic N) is 2. The van der Waals surface area contributed by atoms with E-state index in [1.165, 1.54) is 18.2 Å². The smallest absolute Gasteiger partial charge is 0.416 e. The van der Waals surface area contributed by atoms with Crippen molar-refractivity contribution in [1.29, 1.82) is 0 Å². The maximum atomic E-state index is 14.0. The molecule has 0 saturated carbocycles. The van der Waals surface area contributed by atoms with Crippen LogP contribution >= 0.6 is 0 Å². The Morgan fingerprint density at radius 2 is 1.80 bits per heavy atom. The molecule has 2 heterocycles. The summed E-state index contributed by atoms with van der Waals surface area (Å²) in [4.78, 5) is 54.7. The molecule has 12 nitrogen and oxygen atoms in total. The molecule has 45 heavy (non-hydrogen) atoms. The fourth-order valence-corrected chi connectivity index (χ4v) is 5.13. The van der Waals surface area contributed by atoms with Gasteiger partial charge in [-0.25, -0.2) is 18.9 Å². The fourth-order valence-electron chi connectivity index (χ4n) is 5.13. The van der Waals surface area contributed by atoms with Gasteiger partial charge in [-0.15, -0.1) is 0 Å². The van der Waals surface area contributed by atoms with Gasteiger partial charge in [0.05, 0.1) is 19.3 Å². The molecule has 2 aliphatic rings. The zero-order chi connectivity index (χ0) is 33.3. The second-order valence-electron chi connectivity index (χ2n) is 11.9. The Labute approximate surface area is 264 Å². The van der Waals surface area contributed by atoms with Crippen molar-refractivity contribution in [1.82, 2.24) is 20.4 Å². The highest BCUT2D eigenvalue weighted by molar-refractivity contribution is 6.31. The second kappa shape index (κ2) is 15.8. The number of amides is 4. The molecule has 248 valence electrons. The van der Waals surface area contributed by atoms with Crippen LogP contribution in [-0.2, 0) is 23.8 Å². The highest BCUT2D eigenvalue weighted by Crippen LogP contribution is 2.35. The number of likely N-dealkylation sites (N-methyl/N-ethyl adjacent to an activating group) is 1. The topological polar surface area (TPSA) is 139 Å². The maximum Gasteiger partial charge on any atom is 0.416 e. The molecule has 3 N–H and O–H groups in total. The minimum Gasteiger partial charge on any atom is -0.447 e. The summed E-state index contributed by atoms with van der Waals surface area (Å²) in [6, 6.07) is 3.65. The Kier molecular flexibility index (Phi) is 12.5. The van der Waals surface area contributed by atoms with E-state index in [0.29, 0.717) is 34.6 Å². The molecule has 3 rings (SSSR count). The third-order valence-corrected chi connectivity index (χ3v) is 7.49. The van der Waals surface area contributed by atoms with Gasteiger partial charge < -0.3 is 35.1 Å². The molecule has 1 aromatic carbocycles. The molecule has 0 saturated heterocycles. The van der Waals surface area contributed by atoms with Crippen molar-refractivity contribution >= 4 is 35.3 Å². The van der Waals surface area contributed by atoms with Crippen molar-refractivity contribution in [3.05, 3.63) is 46.9 Å². The van der Waals surface area contributed by atoms with Crippen LogP contribution in [0.4, 0.5) is 19.7 Å². The standard InChI is InChI=1S/C32H46FN5O7/c1-8-37(9-2)13-14-38(31(42)44-17-16-43-15-12-34-30(41)45-32(5,6)7)29(40)27-20(3)26(35-21(27)4)19-24-23-18-22(33)10-11-25(23)36-28(24)39/h10-11,18-20,26,35H,8-9,12-17H2,1-7H3,(H,34,41)(H,36,39)/b24-19-. The average molecular weight is 632 g/mol. The van der Waals surface area contributed by atoms with E-state index in [-0.39, 0.29) is 38.8 Å². The number of anilines is 1. The van der Waals surface area contributed by atoms with Crippen LogP contribution in [0.5, 0.6) is 0 Å². The number of imide groups is 1. The summed E-state index contributed by atoms with van der Waals surface area (Å²) in [5.74, 6) is -1.71. The van der Waals surface area contributed by atoms with E-state index in [1.54, 1.807) is 33.8 Å². The minimum absolute atomic E-state index is 0.0687. The average Bonchev–Trinajstić information content (AvgIpc) is 3.42. The Balaban J connectivity index is 1.63. The number of fused-ring (bicyclic) bond motifs is 1. The number of hydrogen-bond donors (Lipinski definition) is 3. The maximum absolute atomic E-state index is 14.0. The molecule has 4 amide bonds. The summed E-state index contributed by atoms with van der Waals surface area (Å²) in [6.45, 7) is 15.3. The van der Waals surface area contributed by atoms with Crippen molar-refractivity contribution in [3.8, 4) is 0 Å². The van der Waals surface area contributed by atoms with Crippen molar-refractivity contribution < 1.29 is 37.8 Å². The zero-order valence-corrected chi connectivity index (χ0v) is 27.3. The number of allylic oxidation sites excluding steroid dienone is 1. The van der Waals surface area contributed by atoms with Crippen LogP contribution in [0.25, 0.3) is 5.57 Å². The van der Waals surface area contributed by atoms with Crippen LogP contribution in [0.2, 0.25) is 0 Å². The van der Waals surface area contributed by atoms with Crippen LogP contribution < -0.4 is 16.0 Å². The molecule has 2 aliphatic heterocycles. The van der Waals surface area contributed by atoms with Gasteiger partial charge in [-0.2, -0.15) is 0 Å². The van der Waals surface area contributed by atoms with E-state index in [1.807, 2.05) is 20.8 Å². The predicted octanol–water partition coefficient (Wildman–Crippen LogP) is 3.89. The van der Waals surface area contributed by atoms with Crippen LogP contribution in [0, 0.1) is 11.7 Å². The molecule has 1 aromatic rings. The first-order valence-electron chi connectivity index (χ1n) is 15.3. The number of carbonyl (C=O) groups is 4. The Morgan fingerprint density at radius 1 is 1.09 bits per heavy atom. The monoisotopic (exact) mass is 631 g/mol. The van der Waals surface area contributed by atoms with E-state index >= 15 is 0 Å². The number of rotatable bonds is 13. The van der Waals surface area contributed by atoms with Gasteiger partial charge in [-0.05, 0) is 65.1 Å². The molecule has 0 aliphatic carbocycles. The van der Waals surface area contributed by atoms with Gasteiger partial charge in [0.25, 0.3) is 11.8 Å². The number of benzene rings is 1. The van der Waals surface area contributed by atoms with Gasteiger partial charge in [0, 0.05) is 53.6 Å². The van der Waals surface area contributed by atoms with Crippen molar-refractivity contribution in [2.75, 3.05) is 57.9 Å². The van der Waals surface area contributed by atoms with Crippen molar-refractivity contribution in [2.24, 2.45) is 5.92 Å². The van der Waals surface area contributed by atoms with E-state index in [4.69, 9.17) is 14.2 Å². The van der Waals surface area contributed by atoms with Crippen LogP contribution in [0.3, 0.4) is 0 Å². The summed E-state index contributed by atoms with van der Waals surface area (Å²) < 4.78 is 30.0. The lowest BCUT2D eigenvalue weighted by Crippen LogP contribution is -2.44. The lowest BCUT2D eigenvalue weighted by molar-refractivity contribution is -0.126. The van der Waals surface area contributed by atoms with Gasteiger partial charge in [0.1, 0.15) is 18.0 Å². The first-order valence-corrected chi connectivity index (χ1v) is 15.3. The van der Waals surface area contributed by atoms with Gasteiger partial charge in [-0.3, -0.25) is 9.59 Å². The van der Waals surface area contributed by atoms with E-state index < -0.39 is 41.5 Å². The summed E-state index contributed by atoms with van der Waals surface area (Å²) in [6.07, 6.45) is 0.350. The van der Waals surface area contributed by atoms with Gasteiger partial charge in [0.15, 0.2) is 0 Å².